The topological polar surface area (TPSA) is 32.7 Å². The van der Waals surface area contributed by atoms with Gasteiger partial charge < -0.3 is 9.84 Å². The number of nitrogens with zero attached hydrogens (tertiary/aromatic N) is 1. The molecule has 3 nitrogen and oxygen atoms in total. The summed E-state index contributed by atoms with van der Waals surface area (Å²) in [5.74, 6) is 0. The Morgan fingerprint density at radius 2 is 1.53 bits per heavy atom. The van der Waals surface area contributed by atoms with Gasteiger partial charge in [0.1, 0.15) is 0 Å². The molecule has 1 N–H and O–H groups in total. The zero-order valence-corrected chi connectivity index (χ0v) is 7.56. The lowest BCUT2D eigenvalue weighted by Crippen LogP contribution is -2.49. The number of aliphatic hydroxyl groups excluding tert-OH is 1. The molecule has 0 heterocycles. The van der Waals surface area contributed by atoms with Gasteiger partial charge in [-0.3, -0.25) is 0 Å². The van der Waals surface area contributed by atoms with Gasteiger partial charge in [-0.15, -0.1) is 4.90 Å². The number of alkyl halides is 6. The molecule has 0 aliphatic heterocycles. The van der Waals surface area contributed by atoms with Gasteiger partial charge in [0.2, 0.25) is 0 Å². The molecule has 0 aromatic carbocycles. The van der Waals surface area contributed by atoms with Gasteiger partial charge in [0.15, 0.2) is 6.29 Å². The number of halogens is 6. The normalized spacial score (nSPS) is 15.8. The Morgan fingerprint density at radius 3 is 1.80 bits per heavy atom. The predicted octanol–water partition coefficient (Wildman–Crippen LogP) is 1.68. The highest BCUT2D eigenvalue weighted by Gasteiger charge is 2.53. The SMILES string of the molecule is COC(O)CCN(C(F)(F)F)C(F)(F)F. The van der Waals surface area contributed by atoms with Crippen LogP contribution in [0.2, 0.25) is 0 Å². The summed E-state index contributed by atoms with van der Waals surface area (Å²) in [7, 11) is 0.968. The molecular weight excluding hydrogens is 232 g/mol. The van der Waals surface area contributed by atoms with Crippen molar-refractivity contribution >= 4 is 0 Å². The van der Waals surface area contributed by atoms with E-state index < -0.39 is 36.8 Å². The second-order valence-corrected chi connectivity index (χ2v) is 2.57. The average Bonchev–Trinajstić information content (AvgIpc) is 1.99. The number of hydrogen-bond donors (Lipinski definition) is 1. The van der Waals surface area contributed by atoms with Gasteiger partial charge in [-0.25, -0.2) is 0 Å². The quantitative estimate of drug-likeness (QED) is 0.461. The van der Waals surface area contributed by atoms with Crippen molar-refractivity contribution in [2.75, 3.05) is 13.7 Å². The van der Waals surface area contributed by atoms with E-state index in [1.165, 1.54) is 0 Å². The summed E-state index contributed by atoms with van der Waals surface area (Å²) in [6, 6.07) is 0. The second kappa shape index (κ2) is 4.99. The predicted molar refractivity (Wildman–Crippen MR) is 36.4 cm³/mol. The van der Waals surface area contributed by atoms with Crippen LogP contribution in [-0.2, 0) is 4.74 Å². The molecule has 15 heavy (non-hydrogen) atoms. The highest BCUT2D eigenvalue weighted by molar-refractivity contribution is 4.64. The summed E-state index contributed by atoms with van der Waals surface area (Å²) >= 11 is 0. The molecule has 0 aromatic rings. The van der Waals surface area contributed by atoms with Crippen molar-refractivity contribution in [3.8, 4) is 0 Å². The fourth-order valence-electron chi connectivity index (χ4n) is 0.755. The third-order valence-corrected chi connectivity index (χ3v) is 1.48. The molecule has 1 unspecified atom stereocenters. The lowest BCUT2D eigenvalue weighted by molar-refractivity contribution is -0.374. The van der Waals surface area contributed by atoms with Crippen LogP contribution in [0.4, 0.5) is 26.3 Å². The van der Waals surface area contributed by atoms with E-state index in [-0.39, 0.29) is 0 Å². The van der Waals surface area contributed by atoms with Crippen LogP contribution >= 0.6 is 0 Å². The lowest BCUT2D eigenvalue weighted by Gasteiger charge is -2.27. The van der Waals surface area contributed by atoms with Crippen molar-refractivity contribution in [1.29, 1.82) is 0 Å². The fraction of sp³-hybridized carbons (Fsp3) is 1.00. The van der Waals surface area contributed by atoms with E-state index in [1.54, 1.807) is 0 Å². The Hall–Kier alpha value is -0.540. The monoisotopic (exact) mass is 241 g/mol. The minimum Gasteiger partial charge on any atom is -0.368 e. The summed E-state index contributed by atoms with van der Waals surface area (Å²) in [4.78, 5) is -1.62. The van der Waals surface area contributed by atoms with Crippen molar-refractivity contribution in [2.45, 2.75) is 25.3 Å². The van der Waals surface area contributed by atoms with Gasteiger partial charge in [-0.1, -0.05) is 0 Å². The summed E-state index contributed by atoms with van der Waals surface area (Å²) in [5.41, 5.74) is 0. The Balaban J connectivity index is 4.42. The molecule has 0 fully saturated rings. The maximum atomic E-state index is 11.9. The second-order valence-electron chi connectivity index (χ2n) is 2.57. The first kappa shape index (κ1) is 14.5. The van der Waals surface area contributed by atoms with Crippen molar-refractivity contribution in [3.63, 3.8) is 0 Å². The van der Waals surface area contributed by atoms with Gasteiger partial charge in [-0.2, -0.15) is 26.3 Å². The molecule has 9 heteroatoms. The molecule has 0 aromatic heterocycles. The van der Waals surface area contributed by atoms with Crippen LogP contribution < -0.4 is 0 Å². The van der Waals surface area contributed by atoms with Gasteiger partial charge >= 0.3 is 12.6 Å². The molecular formula is C6H9F6NO2. The Labute approximate surface area is 81.2 Å². The Bertz CT molecular complexity index is 177. The van der Waals surface area contributed by atoms with Crippen molar-refractivity contribution in [3.05, 3.63) is 0 Å². The Kier molecular flexibility index (Phi) is 4.81. The average molecular weight is 241 g/mol. The minimum atomic E-state index is -5.52. The highest BCUT2D eigenvalue weighted by atomic mass is 19.4. The van der Waals surface area contributed by atoms with E-state index in [9.17, 15) is 26.3 Å². The van der Waals surface area contributed by atoms with E-state index in [4.69, 9.17) is 5.11 Å². The summed E-state index contributed by atoms with van der Waals surface area (Å²) in [5, 5.41) is 8.65. The van der Waals surface area contributed by atoms with Crippen LogP contribution in [0.3, 0.4) is 0 Å². The Morgan fingerprint density at radius 1 is 1.13 bits per heavy atom. The van der Waals surface area contributed by atoms with Gasteiger partial charge in [-0.05, 0) is 0 Å². The van der Waals surface area contributed by atoms with Crippen LogP contribution in [0.5, 0.6) is 0 Å². The maximum absolute atomic E-state index is 11.9. The van der Waals surface area contributed by atoms with Crippen molar-refractivity contribution < 1.29 is 36.2 Å². The standard InChI is InChI=1S/C6H9F6NO2/c1-15-4(14)2-3-13(5(7,8)9)6(10,11)12/h4,14H,2-3H2,1H3. The first-order valence-corrected chi connectivity index (χ1v) is 3.71. The largest absolute Gasteiger partial charge is 0.467 e. The number of aliphatic hydroxyl groups is 1. The maximum Gasteiger partial charge on any atom is 0.467 e. The number of methoxy groups -OCH3 is 1. The molecule has 0 radical (unpaired) electrons. The zero-order valence-electron chi connectivity index (χ0n) is 7.56. The van der Waals surface area contributed by atoms with E-state index in [0.29, 0.717) is 0 Å². The molecule has 0 saturated carbocycles. The highest BCUT2D eigenvalue weighted by Crippen LogP contribution is 2.33. The third-order valence-electron chi connectivity index (χ3n) is 1.48. The minimum absolute atomic E-state index is 0.796. The molecule has 0 spiro atoms. The molecule has 0 saturated heterocycles. The van der Waals surface area contributed by atoms with E-state index in [1.807, 2.05) is 0 Å². The van der Waals surface area contributed by atoms with E-state index >= 15 is 0 Å². The van der Waals surface area contributed by atoms with Gasteiger partial charge in [0.05, 0.1) is 0 Å². The van der Waals surface area contributed by atoms with E-state index in [0.717, 1.165) is 7.11 Å². The number of rotatable bonds is 4. The summed E-state index contributed by atoms with van der Waals surface area (Å²) < 4.78 is 75.2. The molecule has 0 amide bonds. The van der Waals surface area contributed by atoms with Crippen LogP contribution in [0, 0.1) is 0 Å². The molecule has 1 atom stereocenters. The zero-order chi connectivity index (χ0) is 12.3. The first-order chi connectivity index (χ1) is 6.59. The van der Waals surface area contributed by atoms with Gasteiger partial charge in [0, 0.05) is 20.1 Å². The fourth-order valence-corrected chi connectivity index (χ4v) is 0.755. The van der Waals surface area contributed by atoms with Crippen LogP contribution in [0.25, 0.3) is 0 Å². The first-order valence-electron chi connectivity index (χ1n) is 3.71. The van der Waals surface area contributed by atoms with Crippen LogP contribution in [0.15, 0.2) is 0 Å². The van der Waals surface area contributed by atoms with Gasteiger partial charge in [0.25, 0.3) is 0 Å². The molecule has 92 valence electrons. The molecule has 0 bridgehead atoms. The van der Waals surface area contributed by atoms with Crippen molar-refractivity contribution in [1.82, 2.24) is 4.90 Å². The van der Waals surface area contributed by atoms with Crippen molar-refractivity contribution in [2.24, 2.45) is 0 Å². The molecule has 0 aliphatic rings. The lowest BCUT2D eigenvalue weighted by atomic mass is 10.4. The number of hydrogen-bond acceptors (Lipinski definition) is 3. The summed E-state index contributed by atoms with van der Waals surface area (Å²) in [6.45, 7) is -1.41. The molecule has 0 rings (SSSR count). The van der Waals surface area contributed by atoms with Crippen LogP contribution in [-0.4, -0.2) is 42.6 Å². The third kappa shape index (κ3) is 5.19. The smallest absolute Gasteiger partial charge is 0.368 e. The number of ether oxygens (including phenoxy) is 1. The summed E-state index contributed by atoms with van der Waals surface area (Å²) in [6.07, 6.45) is -13.5. The molecule has 0 aliphatic carbocycles. The van der Waals surface area contributed by atoms with E-state index in [2.05, 4.69) is 4.74 Å². The van der Waals surface area contributed by atoms with Crippen LogP contribution in [0.1, 0.15) is 6.42 Å².